The Labute approximate surface area is 44.9 Å². The zero-order chi connectivity index (χ0) is 6.41. The first kappa shape index (κ1) is 7.12. The largest absolute Gasteiger partial charge is 0.324 e. The number of hydrogen-bond donors (Lipinski definition) is 0. The molecule has 0 aromatic rings. The lowest BCUT2D eigenvalue weighted by Crippen LogP contribution is -2.02. The smallest absolute Gasteiger partial charge is 0.207 e. The summed E-state index contributed by atoms with van der Waals surface area (Å²) in [5, 5.41) is 11.7. The second-order valence-electron chi connectivity index (χ2n) is 0.773. The summed E-state index contributed by atoms with van der Waals surface area (Å²) in [4.78, 5) is 16.5. The van der Waals surface area contributed by atoms with Crippen LogP contribution >= 0.6 is 0 Å². The summed E-state index contributed by atoms with van der Waals surface area (Å²) in [5.74, 6) is 0. The van der Waals surface area contributed by atoms with E-state index >= 15 is 0 Å². The molecule has 0 saturated heterocycles. The van der Waals surface area contributed by atoms with Gasteiger partial charge in [-0.1, -0.05) is 0 Å². The summed E-state index contributed by atoms with van der Waals surface area (Å²) >= 11 is 0. The first-order chi connectivity index (χ1) is 3.77. The quantitative estimate of drug-likeness (QED) is 0.229. The Bertz CT molecular complexity index is 72.8. The third-order valence-electron chi connectivity index (χ3n) is 0.257. The summed E-state index contributed by atoms with van der Waals surface area (Å²) in [6.07, 6.45) is 0. The van der Waals surface area contributed by atoms with Crippen LogP contribution in [0, 0.1) is 10.1 Å². The van der Waals surface area contributed by atoms with E-state index < -0.39 is 5.09 Å². The fraction of sp³-hybridized carbons (Fsp3) is 1.00. The number of nitrogens with zero attached hydrogens (tertiary/aromatic N) is 1. The minimum Gasteiger partial charge on any atom is -0.207 e. The van der Waals surface area contributed by atoms with Crippen LogP contribution < -0.4 is 0 Å². The molecule has 0 aliphatic rings. The summed E-state index contributed by atoms with van der Waals surface area (Å²) in [7, 11) is 0. The minimum absolute atomic E-state index is 0.202. The summed E-state index contributed by atoms with van der Waals surface area (Å²) in [5.41, 5.74) is 0. The maximum atomic E-state index is 9.25. The van der Waals surface area contributed by atoms with Gasteiger partial charge in [-0.05, 0) is 12.0 Å². The standard InChI is InChI=1S/C2H5NO5/c1-2-6-8-7-3(4)5/h2H2,1H3. The molecule has 0 aromatic carbocycles. The van der Waals surface area contributed by atoms with E-state index in [1.807, 2.05) is 0 Å². The van der Waals surface area contributed by atoms with Crippen molar-refractivity contribution in [3.63, 3.8) is 0 Å². The van der Waals surface area contributed by atoms with Crippen LogP contribution in [0.2, 0.25) is 0 Å². The lowest BCUT2D eigenvalue weighted by Gasteiger charge is -1.92. The van der Waals surface area contributed by atoms with E-state index in [2.05, 4.69) is 14.9 Å². The molecule has 48 valence electrons. The van der Waals surface area contributed by atoms with Gasteiger partial charge in [0.25, 0.3) is 0 Å². The molecular formula is C2H5NO5. The molecule has 0 saturated carbocycles. The maximum absolute atomic E-state index is 9.25. The van der Waals surface area contributed by atoms with Gasteiger partial charge in [-0.2, -0.15) is 0 Å². The van der Waals surface area contributed by atoms with Crippen LogP contribution in [0.5, 0.6) is 0 Å². The predicted octanol–water partition coefficient (Wildman–Crippen LogP) is 0.0778. The van der Waals surface area contributed by atoms with Crippen LogP contribution in [0.15, 0.2) is 0 Å². The molecule has 0 aliphatic carbocycles. The Morgan fingerprint density at radius 1 is 1.75 bits per heavy atom. The normalized spacial score (nSPS) is 8.62. The van der Waals surface area contributed by atoms with E-state index in [0.717, 1.165) is 0 Å². The van der Waals surface area contributed by atoms with Crippen molar-refractivity contribution in [3.8, 4) is 0 Å². The van der Waals surface area contributed by atoms with Crippen molar-refractivity contribution < 1.29 is 20.0 Å². The molecule has 0 bridgehead atoms. The Morgan fingerprint density at radius 2 is 2.38 bits per heavy atom. The maximum Gasteiger partial charge on any atom is 0.324 e. The zero-order valence-electron chi connectivity index (χ0n) is 4.20. The second kappa shape index (κ2) is 4.28. The van der Waals surface area contributed by atoms with Gasteiger partial charge in [0.2, 0.25) is 0 Å². The molecule has 0 unspecified atom stereocenters. The van der Waals surface area contributed by atoms with Crippen LogP contribution in [-0.4, -0.2) is 11.7 Å². The molecule has 8 heavy (non-hydrogen) atoms. The Hall–Kier alpha value is -0.880. The molecule has 0 spiro atoms. The van der Waals surface area contributed by atoms with Gasteiger partial charge in [0, 0.05) is 0 Å². The molecule has 0 atom stereocenters. The van der Waals surface area contributed by atoms with Crippen LogP contribution in [0.1, 0.15) is 6.92 Å². The fourth-order valence-electron chi connectivity index (χ4n) is 0.0945. The molecule has 0 aromatic heterocycles. The first-order valence-electron chi connectivity index (χ1n) is 1.88. The van der Waals surface area contributed by atoms with Crippen LogP contribution in [0.25, 0.3) is 0 Å². The van der Waals surface area contributed by atoms with Crippen molar-refractivity contribution in [2.45, 2.75) is 6.92 Å². The molecular weight excluding hydrogens is 118 g/mol. The van der Waals surface area contributed by atoms with E-state index in [1.54, 1.807) is 6.92 Å². The van der Waals surface area contributed by atoms with Crippen LogP contribution in [0.3, 0.4) is 0 Å². The van der Waals surface area contributed by atoms with Crippen molar-refractivity contribution in [3.05, 3.63) is 10.1 Å². The molecule has 0 radical (unpaired) electrons. The molecule has 0 rings (SSSR count). The highest BCUT2D eigenvalue weighted by molar-refractivity contribution is 3.90. The first-order valence-corrected chi connectivity index (χ1v) is 1.88. The molecule has 6 nitrogen and oxygen atoms in total. The van der Waals surface area contributed by atoms with E-state index in [4.69, 9.17) is 0 Å². The Kier molecular flexibility index (Phi) is 3.81. The van der Waals surface area contributed by atoms with E-state index in [0.29, 0.717) is 0 Å². The van der Waals surface area contributed by atoms with Crippen molar-refractivity contribution in [2.75, 3.05) is 6.61 Å². The molecule has 0 amide bonds. The monoisotopic (exact) mass is 123 g/mol. The van der Waals surface area contributed by atoms with Crippen molar-refractivity contribution in [1.29, 1.82) is 0 Å². The summed E-state index contributed by atoms with van der Waals surface area (Å²) in [6, 6.07) is 0. The van der Waals surface area contributed by atoms with Gasteiger partial charge in [-0.25, -0.2) is 4.89 Å². The second-order valence-corrected chi connectivity index (χ2v) is 0.773. The van der Waals surface area contributed by atoms with E-state index in [-0.39, 0.29) is 6.61 Å². The lowest BCUT2D eigenvalue weighted by molar-refractivity contribution is -0.890. The van der Waals surface area contributed by atoms with Crippen molar-refractivity contribution in [1.82, 2.24) is 0 Å². The van der Waals surface area contributed by atoms with Gasteiger partial charge in [-0.15, -0.1) is 15.1 Å². The predicted molar refractivity (Wildman–Crippen MR) is 20.8 cm³/mol. The molecule has 6 heteroatoms. The van der Waals surface area contributed by atoms with Crippen molar-refractivity contribution >= 4 is 0 Å². The summed E-state index contributed by atoms with van der Waals surface area (Å²) in [6.45, 7) is 1.80. The van der Waals surface area contributed by atoms with Crippen molar-refractivity contribution in [2.24, 2.45) is 0 Å². The molecule has 0 fully saturated rings. The van der Waals surface area contributed by atoms with Crippen LogP contribution in [-0.2, 0) is 14.9 Å². The Morgan fingerprint density at radius 3 is 2.75 bits per heavy atom. The highest BCUT2D eigenvalue weighted by Gasteiger charge is 1.91. The molecule has 0 heterocycles. The van der Waals surface area contributed by atoms with Gasteiger partial charge >= 0.3 is 5.09 Å². The van der Waals surface area contributed by atoms with E-state index in [1.165, 1.54) is 0 Å². The SMILES string of the molecule is CCOOO[N+](=O)[O-]. The van der Waals surface area contributed by atoms with Gasteiger partial charge in [-0.3, -0.25) is 0 Å². The van der Waals surface area contributed by atoms with Crippen LogP contribution in [0.4, 0.5) is 0 Å². The lowest BCUT2D eigenvalue weighted by atomic mass is 10.9. The fourth-order valence-corrected chi connectivity index (χ4v) is 0.0945. The summed E-state index contributed by atoms with van der Waals surface area (Å²) < 4.78 is 0. The highest BCUT2D eigenvalue weighted by atomic mass is 17.6. The average Bonchev–Trinajstić information content (AvgIpc) is 1.66. The van der Waals surface area contributed by atoms with Gasteiger partial charge in [0.15, 0.2) is 0 Å². The van der Waals surface area contributed by atoms with Gasteiger partial charge in [0.05, 0.1) is 6.61 Å². The van der Waals surface area contributed by atoms with E-state index in [9.17, 15) is 10.1 Å². The van der Waals surface area contributed by atoms with Gasteiger partial charge in [0.1, 0.15) is 0 Å². The zero-order valence-corrected chi connectivity index (χ0v) is 4.20. The molecule has 0 N–H and O–H groups in total. The molecule has 0 aliphatic heterocycles. The number of hydrogen-bond acceptors (Lipinski definition) is 5. The number of rotatable bonds is 4. The Balaban J connectivity index is 2.82. The highest BCUT2D eigenvalue weighted by Crippen LogP contribution is 1.78. The third kappa shape index (κ3) is 5.12. The van der Waals surface area contributed by atoms with Gasteiger partial charge < -0.3 is 0 Å². The minimum atomic E-state index is -1.12. The average molecular weight is 123 g/mol. The topological polar surface area (TPSA) is 70.8 Å². The third-order valence-corrected chi connectivity index (χ3v) is 0.257.